The maximum atomic E-state index is 14.0. The van der Waals surface area contributed by atoms with Crippen LogP contribution in [0, 0.1) is 17.3 Å². The molecule has 3 aliphatic rings. The highest BCUT2D eigenvalue weighted by Gasteiger charge is 2.70. The van der Waals surface area contributed by atoms with Gasteiger partial charge in [0.2, 0.25) is 23.5 Å². The van der Waals surface area contributed by atoms with E-state index in [9.17, 15) is 45.9 Å². The number of ether oxygens (including phenoxy) is 1. The predicted octanol–water partition coefficient (Wildman–Crippen LogP) is 1.92. The molecule has 5 atom stereocenters. The number of carbonyl (C=O) groups is 5. The van der Waals surface area contributed by atoms with Gasteiger partial charge in [-0.2, -0.15) is 13.2 Å². The number of halogens is 5. The van der Waals surface area contributed by atoms with Crippen LogP contribution in [0.1, 0.15) is 51.9 Å². The Balaban J connectivity index is 1.91. The number of likely N-dealkylation sites (tertiary alicyclic amines) is 1. The highest BCUT2D eigenvalue weighted by molar-refractivity contribution is 6.38. The summed E-state index contributed by atoms with van der Waals surface area (Å²) in [5, 5.41) is 6.39. The normalized spacial score (nSPS) is 25.2. The number of alkyl halides is 5. The summed E-state index contributed by atoms with van der Waals surface area (Å²) in [5.74, 6) is -8.25. The molecule has 1 aliphatic heterocycles. The first-order valence-electron chi connectivity index (χ1n) is 12.7. The quantitative estimate of drug-likeness (QED) is 0.272. The number of fused-ring (bicyclic) bond motifs is 1. The van der Waals surface area contributed by atoms with E-state index in [0.717, 1.165) is 19.1 Å². The average molecular weight is 569 g/mol. The Morgan fingerprint density at radius 2 is 1.69 bits per heavy atom. The third-order valence-electron chi connectivity index (χ3n) is 8.00. The minimum atomic E-state index is -4.84. The van der Waals surface area contributed by atoms with E-state index in [0.29, 0.717) is 26.2 Å². The van der Waals surface area contributed by atoms with E-state index >= 15 is 0 Å². The van der Waals surface area contributed by atoms with E-state index in [4.69, 9.17) is 0 Å². The molecule has 1 heterocycles. The fourth-order valence-corrected chi connectivity index (χ4v) is 5.72. The molecule has 220 valence electrons. The van der Waals surface area contributed by atoms with E-state index in [2.05, 4.69) is 15.4 Å². The summed E-state index contributed by atoms with van der Waals surface area (Å²) in [6.07, 6.45) is -6.57. The predicted molar refractivity (Wildman–Crippen MR) is 124 cm³/mol. The fourth-order valence-electron chi connectivity index (χ4n) is 5.72. The van der Waals surface area contributed by atoms with Crippen molar-refractivity contribution in [1.82, 2.24) is 20.9 Å². The summed E-state index contributed by atoms with van der Waals surface area (Å²) in [4.78, 5) is 64.6. The SMILES string of the molecule is CNC(=O)C(=O)[C@H](CCC(C)(F)F)NC(=O)[C@@H]1[C@H]2CCC[C@H]2CN1C(=O)C(NC(=O)OC)C1(C(F)(F)F)CC1. The van der Waals surface area contributed by atoms with Crippen molar-refractivity contribution in [2.45, 2.75) is 82.1 Å². The second-order valence-electron chi connectivity index (χ2n) is 10.6. The van der Waals surface area contributed by atoms with Crippen molar-refractivity contribution in [1.29, 1.82) is 0 Å². The van der Waals surface area contributed by atoms with E-state index in [-0.39, 0.29) is 12.5 Å². The van der Waals surface area contributed by atoms with Gasteiger partial charge in [-0.05, 0) is 50.9 Å². The van der Waals surface area contributed by atoms with Crippen molar-refractivity contribution >= 4 is 29.6 Å². The highest BCUT2D eigenvalue weighted by Crippen LogP contribution is 2.60. The molecule has 3 N–H and O–H groups in total. The molecule has 4 amide bonds. The lowest BCUT2D eigenvalue weighted by atomic mass is 9.91. The first-order valence-corrected chi connectivity index (χ1v) is 12.7. The zero-order valence-electron chi connectivity index (χ0n) is 21.8. The largest absolute Gasteiger partial charge is 0.453 e. The van der Waals surface area contributed by atoms with Gasteiger partial charge in [-0.1, -0.05) is 6.42 Å². The third-order valence-corrected chi connectivity index (χ3v) is 8.00. The van der Waals surface area contributed by atoms with Gasteiger partial charge in [0.25, 0.3) is 5.91 Å². The number of nitrogens with zero attached hydrogens (tertiary/aromatic N) is 1. The molecule has 0 aromatic carbocycles. The number of methoxy groups -OCH3 is 1. The van der Waals surface area contributed by atoms with Crippen LogP contribution in [-0.4, -0.2) is 85.4 Å². The Hall–Kier alpha value is -3.00. The fraction of sp³-hybridized carbons (Fsp3) is 0.792. The summed E-state index contributed by atoms with van der Waals surface area (Å²) in [7, 11) is 2.08. The number of Topliss-reactive ketones (excluding diaryl/α,β-unsaturated/α-hetero) is 1. The van der Waals surface area contributed by atoms with Gasteiger partial charge in [0.1, 0.15) is 12.1 Å². The first-order chi connectivity index (χ1) is 18.1. The molecule has 0 spiro atoms. The Morgan fingerprint density at radius 3 is 2.21 bits per heavy atom. The molecule has 0 bridgehead atoms. The second-order valence-corrected chi connectivity index (χ2v) is 10.6. The number of hydrogen-bond donors (Lipinski definition) is 3. The molecule has 10 nitrogen and oxygen atoms in total. The Labute approximate surface area is 221 Å². The molecule has 0 radical (unpaired) electrons. The lowest BCUT2D eigenvalue weighted by Gasteiger charge is -2.35. The smallest absolute Gasteiger partial charge is 0.407 e. The molecule has 1 saturated heterocycles. The second kappa shape index (κ2) is 11.2. The Kier molecular flexibility index (Phi) is 8.80. The zero-order chi connectivity index (χ0) is 29.3. The first kappa shape index (κ1) is 30.5. The van der Waals surface area contributed by atoms with Crippen LogP contribution in [0.5, 0.6) is 0 Å². The summed E-state index contributed by atoms with van der Waals surface area (Å²) in [5.41, 5.74) is -2.53. The van der Waals surface area contributed by atoms with E-state index < -0.39 is 96.8 Å². The summed E-state index contributed by atoms with van der Waals surface area (Å²) < 4.78 is 73.5. The highest BCUT2D eigenvalue weighted by atomic mass is 19.4. The van der Waals surface area contributed by atoms with Crippen molar-refractivity contribution in [3.63, 3.8) is 0 Å². The van der Waals surface area contributed by atoms with Crippen molar-refractivity contribution in [2.24, 2.45) is 17.3 Å². The molecule has 2 aliphatic carbocycles. The van der Waals surface area contributed by atoms with Crippen molar-refractivity contribution in [3.05, 3.63) is 0 Å². The number of amides is 4. The van der Waals surface area contributed by atoms with Gasteiger partial charge in [0, 0.05) is 20.0 Å². The molecule has 0 aromatic rings. The molecule has 2 saturated carbocycles. The lowest BCUT2D eigenvalue weighted by molar-refractivity contribution is -0.199. The van der Waals surface area contributed by atoms with Crippen LogP contribution < -0.4 is 16.0 Å². The number of ketones is 1. The van der Waals surface area contributed by atoms with Crippen LogP contribution in [-0.2, 0) is 23.9 Å². The van der Waals surface area contributed by atoms with Gasteiger partial charge in [0.05, 0.1) is 18.6 Å². The molecule has 3 rings (SSSR count). The van der Waals surface area contributed by atoms with Gasteiger partial charge in [-0.25, -0.2) is 13.6 Å². The molecule has 0 aromatic heterocycles. The Bertz CT molecular complexity index is 996. The average Bonchev–Trinajstić information content (AvgIpc) is 3.42. The van der Waals surface area contributed by atoms with Crippen molar-refractivity contribution < 1.29 is 50.7 Å². The summed E-state index contributed by atoms with van der Waals surface area (Å²) >= 11 is 0. The topological polar surface area (TPSA) is 134 Å². The number of hydrogen-bond acceptors (Lipinski definition) is 6. The maximum Gasteiger partial charge on any atom is 0.407 e. The zero-order valence-corrected chi connectivity index (χ0v) is 21.8. The third kappa shape index (κ3) is 6.43. The van der Waals surface area contributed by atoms with Gasteiger partial charge < -0.3 is 25.6 Å². The minimum Gasteiger partial charge on any atom is -0.453 e. The number of rotatable bonds is 10. The van der Waals surface area contributed by atoms with E-state index in [1.807, 2.05) is 5.32 Å². The van der Waals surface area contributed by atoms with Crippen LogP contribution in [0.25, 0.3) is 0 Å². The standard InChI is InChI=1S/C24H33F5N4O6/c1-22(25,26)8-7-14(16(34)19(36)30-2)31-18(35)15-13-6-4-5-12(13)11-33(15)20(37)17(32-21(38)39-3)23(9-10-23)24(27,28)29/h12-15,17H,4-11H2,1-3H3,(H,30,36)(H,31,35)(H,32,38)/t12-,13-,14-,15-,17?/m0/s1. The molecular formula is C24H33F5N4O6. The van der Waals surface area contributed by atoms with E-state index in [1.54, 1.807) is 0 Å². The van der Waals surface area contributed by atoms with Crippen LogP contribution in [0.4, 0.5) is 26.7 Å². The van der Waals surface area contributed by atoms with Crippen LogP contribution >= 0.6 is 0 Å². The molecule has 15 heteroatoms. The Morgan fingerprint density at radius 1 is 1.05 bits per heavy atom. The summed E-state index contributed by atoms with van der Waals surface area (Å²) in [6.45, 7) is 0.551. The maximum absolute atomic E-state index is 14.0. The molecular weight excluding hydrogens is 535 g/mol. The molecule has 39 heavy (non-hydrogen) atoms. The van der Waals surface area contributed by atoms with Crippen LogP contribution in [0.2, 0.25) is 0 Å². The molecule has 1 unspecified atom stereocenters. The number of alkyl carbamates (subject to hydrolysis) is 1. The van der Waals surface area contributed by atoms with E-state index in [1.165, 1.54) is 0 Å². The van der Waals surface area contributed by atoms with Gasteiger partial charge in [-0.3, -0.25) is 19.2 Å². The summed E-state index contributed by atoms with van der Waals surface area (Å²) in [6, 6.07) is -5.02. The van der Waals surface area contributed by atoms with Gasteiger partial charge in [0.15, 0.2) is 0 Å². The monoisotopic (exact) mass is 568 g/mol. The van der Waals surface area contributed by atoms with Crippen LogP contribution in [0.3, 0.4) is 0 Å². The van der Waals surface area contributed by atoms with Gasteiger partial charge in [-0.15, -0.1) is 0 Å². The number of nitrogens with one attached hydrogen (secondary N) is 3. The molecule has 3 fully saturated rings. The van der Waals surface area contributed by atoms with Crippen molar-refractivity contribution in [2.75, 3.05) is 20.7 Å². The number of likely N-dealkylation sites (N-methyl/N-ethyl adjacent to an activating group) is 1. The lowest BCUT2D eigenvalue weighted by Crippen LogP contribution is -2.61. The van der Waals surface area contributed by atoms with Crippen LogP contribution in [0.15, 0.2) is 0 Å². The minimum absolute atomic E-state index is 0.0596. The van der Waals surface area contributed by atoms with Crippen molar-refractivity contribution in [3.8, 4) is 0 Å². The number of carbonyl (C=O) groups excluding carboxylic acids is 5. The van der Waals surface area contributed by atoms with Gasteiger partial charge >= 0.3 is 12.3 Å².